The van der Waals surface area contributed by atoms with Gasteiger partial charge in [0.25, 0.3) is 0 Å². The summed E-state index contributed by atoms with van der Waals surface area (Å²) in [6.45, 7) is 4.04. The summed E-state index contributed by atoms with van der Waals surface area (Å²) in [5, 5.41) is 3.44. The quantitative estimate of drug-likeness (QED) is 0.934. The molecule has 0 unspecified atom stereocenters. The van der Waals surface area contributed by atoms with Crippen molar-refractivity contribution in [2.75, 3.05) is 25.6 Å². The van der Waals surface area contributed by atoms with Gasteiger partial charge < -0.3 is 19.5 Å². The number of methoxy groups -OCH3 is 1. The Morgan fingerprint density at radius 2 is 1.86 bits per heavy atom. The van der Waals surface area contributed by atoms with E-state index in [2.05, 4.69) is 18.3 Å². The molecule has 1 aliphatic heterocycles. The molecule has 0 fully saturated rings. The number of benzene rings is 2. The lowest BCUT2D eigenvalue weighted by atomic mass is 10.1. The van der Waals surface area contributed by atoms with Gasteiger partial charge >= 0.3 is 0 Å². The molecule has 2 aromatic carbocycles. The summed E-state index contributed by atoms with van der Waals surface area (Å²) >= 11 is 0. The highest BCUT2D eigenvalue weighted by Gasteiger charge is 2.11. The average Bonchev–Trinajstić information content (AvgIpc) is 2.53. The zero-order valence-electron chi connectivity index (χ0n) is 12.3. The first-order valence-corrected chi connectivity index (χ1v) is 7.03. The summed E-state index contributed by atoms with van der Waals surface area (Å²) < 4.78 is 16.3. The molecule has 1 aliphatic rings. The molecule has 0 aromatic heterocycles. The van der Waals surface area contributed by atoms with Gasteiger partial charge in [-0.15, -0.1) is 0 Å². The number of anilines is 1. The Morgan fingerprint density at radius 1 is 1.05 bits per heavy atom. The van der Waals surface area contributed by atoms with Crippen LogP contribution in [0, 0.1) is 6.92 Å². The van der Waals surface area contributed by atoms with Crippen LogP contribution in [0.25, 0.3) is 0 Å². The van der Waals surface area contributed by atoms with Crippen LogP contribution in [-0.4, -0.2) is 20.3 Å². The Kier molecular flexibility index (Phi) is 3.86. The first-order chi connectivity index (χ1) is 10.3. The summed E-state index contributed by atoms with van der Waals surface area (Å²) in [6.07, 6.45) is 0. The molecule has 1 N–H and O–H groups in total. The minimum Gasteiger partial charge on any atom is -0.497 e. The molecule has 0 amide bonds. The molecule has 1 heterocycles. The van der Waals surface area contributed by atoms with Crippen LogP contribution in [0.2, 0.25) is 0 Å². The third-order valence-electron chi connectivity index (χ3n) is 3.52. The van der Waals surface area contributed by atoms with E-state index in [1.165, 1.54) is 0 Å². The van der Waals surface area contributed by atoms with Crippen LogP contribution in [0.15, 0.2) is 36.4 Å². The molecule has 2 aromatic rings. The minimum atomic E-state index is 0.613. The van der Waals surface area contributed by atoms with Gasteiger partial charge in [-0.1, -0.05) is 6.07 Å². The van der Waals surface area contributed by atoms with E-state index in [1.807, 2.05) is 30.3 Å². The number of fused-ring (bicyclic) bond motifs is 1. The van der Waals surface area contributed by atoms with Gasteiger partial charge in [-0.25, -0.2) is 0 Å². The van der Waals surface area contributed by atoms with Gasteiger partial charge in [0.1, 0.15) is 19.0 Å². The van der Waals surface area contributed by atoms with Crippen molar-refractivity contribution >= 4 is 5.69 Å². The average molecular weight is 285 g/mol. The fourth-order valence-electron chi connectivity index (χ4n) is 2.36. The van der Waals surface area contributed by atoms with Gasteiger partial charge in [-0.3, -0.25) is 0 Å². The summed E-state index contributed by atoms with van der Waals surface area (Å²) in [5.74, 6) is 2.52. The molecule has 0 atom stereocenters. The zero-order valence-corrected chi connectivity index (χ0v) is 12.3. The highest BCUT2D eigenvalue weighted by atomic mass is 16.6. The number of rotatable bonds is 4. The molecular formula is C17H19NO3. The van der Waals surface area contributed by atoms with Crippen LogP contribution in [0.1, 0.15) is 11.1 Å². The molecule has 110 valence electrons. The molecule has 3 rings (SSSR count). The third kappa shape index (κ3) is 3.05. The monoisotopic (exact) mass is 285 g/mol. The van der Waals surface area contributed by atoms with E-state index in [0.717, 1.165) is 40.6 Å². The van der Waals surface area contributed by atoms with Crippen molar-refractivity contribution in [3.63, 3.8) is 0 Å². The maximum absolute atomic E-state index is 5.60. The van der Waals surface area contributed by atoms with Gasteiger partial charge in [0.05, 0.1) is 7.11 Å². The normalized spacial score (nSPS) is 12.9. The molecule has 4 heteroatoms. The van der Waals surface area contributed by atoms with Crippen LogP contribution >= 0.6 is 0 Å². The number of nitrogens with one attached hydrogen (secondary N) is 1. The predicted molar refractivity (Wildman–Crippen MR) is 82.5 cm³/mol. The maximum atomic E-state index is 5.60. The van der Waals surface area contributed by atoms with E-state index in [9.17, 15) is 0 Å². The van der Waals surface area contributed by atoms with Gasteiger partial charge in [0.15, 0.2) is 11.5 Å². The van der Waals surface area contributed by atoms with Crippen LogP contribution in [-0.2, 0) is 6.54 Å². The molecule has 4 nitrogen and oxygen atoms in total. The van der Waals surface area contributed by atoms with Crippen molar-refractivity contribution in [3.8, 4) is 17.2 Å². The van der Waals surface area contributed by atoms with Gasteiger partial charge in [0.2, 0.25) is 0 Å². The molecule has 0 spiro atoms. The summed E-state index contributed by atoms with van der Waals surface area (Å²) in [6, 6.07) is 12.1. The van der Waals surface area contributed by atoms with Crippen molar-refractivity contribution in [2.24, 2.45) is 0 Å². The molecule has 0 aliphatic carbocycles. The van der Waals surface area contributed by atoms with Crippen molar-refractivity contribution in [1.29, 1.82) is 0 Å². The largest absolute Gasteiger partial charge is 0.497 e. The van der Waals surface area contributed by atoms with E-state index in [0.29, 0.717) is 13.2 Å². The van der Waals surface area contributed by atoms with Crippen molar-refractivity contribution in [1.82, 2.24) is 0 Å². The number of ether oxygens (including phenoxy) is 3. The maximum Gasteiger partial charge on any atom is 0.161 e. The lowest BCUT2D eigenvalue weighted by Crippen LogP contribution is -2.15. The summed E-state index contributed by atoms with van der Waals surface area (Å²) in [5.41, 5.74) is 3.42. The fourth-order valence-corrected chi connectivity index (χ4v) is 2.36. The topological polar surface area (TPSA) is 39.7 Å². The van der Waals surface area contributed by atoms with Crippen LogP contribution in [0.4, 0.5) is 5.69 Å². The highest BCUT2D eigenvalue weighted by Crippen LogP contribution is 2.31. The SMILES string of the molecule is COc1ccc(NCc2ccc3c(c2)OCCO3)c(C)c1. The predicted octanol–water partition coefficient (Wildman–Crippen LogP) is 3.39. The molecule has 0 saturated heterocycles. The Balaban J connectivity index is 1.70. The zero-order chi connectivity index (χ0) is 14.7. The van der Waals surface area contributed by atoms with Crippen molar-refractivity contribution in [2.45, 2.75) is 13.5 Å². The van der Waals surface area contributed by atoms with Gasteiger partial charge in [-0.05, 0) is 48.4 Å². The molecular weight excluding hydrogens is 266 g/mol. The van der Waals surface area contributed by atoms with Crippen molar-refractivity contribution in [3.05, 3.63) is 47.5 Å². The van der Waals surface area contributed by atoms with Crippen LogP contribution in [0.3, 0.4) is 0 Å². The Bertz CT molecular complexity index is 640. The standard InChI is InChI=1S/C17H19NO3/c1-12-9-14(19-2)4-5-15(12)18-11-13-3-6-16-17(10-13)21-8-7-20-16/h3-6,9-10,18H,7-8,11H2,1-2H3. The van der Waals surface area contributed by atoms with E-state index < -0.39 is 0 Å². The summed E-state index contributed by atoms with van der Waals surface area (Å²) in [4.78, 5) is 0. The second-order valence-corrected chi connectivity index (χ2v) is 5.01. The lowest BCUT2D eigenvalue weighted by molar-refractivity contribution is 0.171. The van der Waals surface area contributed by atoms with Crippen LogP contribution in [0.5, 0.6) is 17.2 Å². The first kappa shape index (κ1) is 13.6. The van der Waals surface area contributed by atoms with Crippen LogP contribution < -0.4 is 19.5 Å². The lowest BCUT2D eigenvalue weighted by Gasteiger charge is -2.19. The van der Waals surface area contributed by atoms with E-state index >= 15 is 0 Å². The molecule has 21 heavy (non-hydrogen) atoms. The van der Waals surface area contributed by atoms with E-state index in [1.54, 1.807) is 7.11 Å². The first-order valence-electron chi connectivity index (χ1n) is 7.03. The molecule has 0 bridgehead atoms. The Hall–Kier alpha value is -2.36. The molecule has 0 saturated carbocycles. The number of hydrogen-bond acceptors (Lipinski definition) is 4. The Morgan fingerprint density at radius 3 is 2.62 bits per heavy atom. The number of aryl methyl sites for hydroxylation is 1. The van der Waals surface area contributed by atoms with Gasteiger partial charge in [-0.2, -0.15) is 0 Å². The fraction of sp³-hybridized carbons (Fsp3) is 0.294. The summed E-state index contributed by atoms with van der Waals surface area (Å²) in [7, 11) is 1.68. The molecule has 0 radical (unpaired) electrons. The number of hydrogen-bond donors (Lipinski definition) is 1. The third-order valence-corrected chi connectivity index (χ3v) is 3.52. The van der Waals surface area contributed by atoms with E-state index in [4.69, 9.17) is 14.2 Å². The smallest absolute Gasteiger partial charge is 0.161 e. The second-order valence-electron chi connectivity index (χ2n) is 5.01. The van der Waals surface area contributed by atoms with E-state index in [-0.39, 0.29) is 0 Å². The van der Waals surface area contributed by atoms with Crippen molar-refractivity contribution < 1.29 is 14.2 Å². The second kappa shape index (κ2) is 5.95. The highest BCUT2D eigenvalue weighted by molar-refractivity contribution is 5.54. The minimum absolute atomic E-state index is 0.613. The Labute approximate surface area is 124 Å². The van der Waals surface area contributed by atoms with Gasteiger partial charge in [0, 0.05) is 12.2 Å².